The summed E-state index contributed by atoms with van der Waals surface area (Å²) in [5.74, 6) is 1.22. The van der Waals surface area contributed by atoms with Gasteiger partial charge >= 0.3 is 0 Å². The Morgan fingerprint density at radius 1 is 1.22 bits per heavy atom. The number of hydrogen-bond donors (Lipinski definition) is 2. The lowest BCUT2D eigenvalue weighted by Gasteiger charge is -2.22. The van der Waals surface area contributed by atoms with E-state index in [1.165, 1.54) is 5.56 Å². The zero-order valence-electron chi connectivity index (χ0n) is 15.7. The first-order valence-electron chi connectivity index (χ1n) is 9.06. The van der Waals surface area contributed by atoms with Crippen LogP contribution < -0.4 is 10.6 Å². The molecule has 0 saturated carbocycles. The smallest absolute Gasteiger partial charge is 0.191 e. The van der Waals surface area contributed by atoms with Crippen molar-refractivity contribution in [1.82, 2.24) is 10.6 Å². The molecule has 0 amide bonds. The van der Waals surface area contributed by atoms with E-state index in [4.69, 9.17) is 16.3 Å². The van der Waals surface area contributed by atoms with Gasteiger partial charge in [0.25, 0.3) is 0 Å². The van der Waals surface area contributed by atoms with Gasteiger partial charge in [0.2, 0.25) is 0 Å². The number of nitrogens with one attached hydrogen (secondary N) is 2. The Kier molecular flexibility index (Phi) is 8.86. The number of ether oxygens (including phenoxy) is 1. The fourth-order valence-electron chi connectivity index (χ4n) is 3.34. The fourth-order valence-corrected chi connectivity index (χ4v) is 3.54. The zero-order chi connectivity index (χ0) is 18.4. The molecule has 1 aliphatic rings. The SMILES string of the molecule is CN=C(NCC1CCOC1c1ccccc1)NC(C)c1cccc(Cl)c1.I. The molecule has 3 atom stereocenters. The minimum atomic E-state index is 0. The van der Waals surface area contributed by atoms with Gasteiger partial charge in [-0.25, -0.2) is 0 Å². The van der Waals surface area contributed by atoms with Crippen LogP contribution in [-0.2, 0) is 4.74 Å². The number of rotatable bonds is 5. The number of aliphatic imine (C=N–C) groups is 1. The Hall–Kier alpha value is -1.31. The van der Waals surface area contributed by atoms with E-state index in [1.54, 1.807) is 7.05 Å². The molecule has 6 heteroatoms. The average Bonchev–Trinajstić information content (AvgIpc) is 3.14. The lowest BCUT2D eigenvalue weighted by Crippen LogP contribution is -2.41. The molecule has 0 bridgehead atoms. The van der Waals surface area contributed by atoms with Gasteiger partial charge in [0.15, 0.2) is 5.96 Å². The maximum Gasteiger partial charge on any atom is 0.191 e. The first-order valence-corrected chi connectivity index (χ1v) is 9.44. The highest BCUT2D eigenvalue weighted by Gasteiger charge is 2.29. The number of benzene rings is 2. The van der Waals surface area contributed by atoms with Crippen LogP contribution in [0.2, 0.25) is 5.02 Å². The third-order valence-electron chi connectivity index (χ3n) is 4.80. The highest BCUT2D eigenvalue weighted by molar-refractivity contribution is 14.0. The molecule has 2 N–H and O–H groups in total. The maximum atomic E-state index is 6.09. The van der Waals surface area contributed by atoms with Crippen LogP contribution in [-0.4, -0.2) is 26.2 Å². The Bertz CT molecular complexity index is 741. The summed E-state index contributed by atoms with van der Waals surface area (Å²) in [6, 6.07) is 18.4. The van der Waals surface area contributed by atoms with E-state index < -0.39 is 0 Å². The highest BCUT2D eigenvalue weighted by atomic mass is 127. The van der Waals surface area contributed by atoms with Crippen LogP contribution in [0, 0.1) is 5.92 Å². The average molecular weight is 500 g/mol. The van der Waals surface area contributed by atoms with Crippen molar-refractivity contribution in [3.8, 4) is 0 Å². The summed E-state index contributed by atoms with van der Waals surface area (Å²) in [4.78, 5) is 4.36. The summed E-state index contributed by atoms with van der Waals surface area (Å²) in [6.07, 6.45) is 1.19. The minimum Gasteiger partial charge on any atom is -0.373 e. The summed E-state index contributed by atoms with van der Waals surface area (Å²) in [5.41, 5.74) is 2.37. The van der Waals surface area contributed by atoms with Crippen LogP contribution in [0.1, 0.15) is 36.6 Å². The molecular weight excluding hydrogens is 473 g/mol. The molecule has 2 aromatic rings. The monoisotopic (exact) mass is 499 g/mol. The molecule has 1 heterocycles. The Morgan fingerprint density at radius 3 is 2.70 bits per heavy atom. The molecular formula is C21H27ClIN3O. The second-order valence-electron chi connectivity index (χ2n) is 6.62. The predicted octanol–water partition coefficient (Wildman–Crippen LogP) is 4.96. The lowest BCUT2D eigenvalue weighted by atomic mass is 9.95. The molecule has 3 rings (SSSR count). The van der Waals surface area contributed by atoms with Crippen LogP contribution in [0.25, 0.3) is 0 Å². The van der Waals surface area contributed by atoms with Gasteiger partial charge in [0, 0.05) is 31.1 Å². The zero-order valence-corrected chi connectivity index (χ0v) is 18.8. The maximum absolute atomic E-state index is 6.09. The standard InChI is InChI=1S/C21H26ClN3O.HI/c1-15(17-9-6-10-19(22)13-17)25-21(23-2)24-14-18-11-12-26-20(18)16-7-4-3-5-8-16;/h3-10,13,15,18,20H,11-12,14H2,1-2H3,(H2,23,24,25);1H. The Morgan fingerprint density at radius 2 is 2.00 bits per heavy atom. The van der Waals surface area contributed by atoms with Gasteiger partial charge in [-0.3, -0.25) is 4.99 Å². The van der Waals surface area contributed by atoms with Crippen molar-refractivity contribution >= 4 is 41.5 Å². The van der Waals surface area contributed by atoms with Crippen molar-refractivity contribution in [2.24, 2.45) is 10.9 Å². The number of guanidine groups is 1. The molecule has 2 aromatic carbocycles. The summed E-state index contributed by atoms with van der Waals surface area (Å²) in [5, 5.41) is 7.62. The summed E-state index contributed by atoms with van der Waals surface area (Å²) < 4.78 is 5.97. The largest absolute Gasteiger partial charge is 0.373 e. The second-order valence-corrected chi connectivity index (χ2v) is 7.06. The number of nitrogens with zero attached hydrogens (tertiary/aromatic N) is 1. The van der Waals surface area contributed by atoms with Gasteiger partial charge in [-0.05, 0) is 36.6 Å². The minimum absolute atomic E-state index is 0. The topological polar surface area (TPSA) is 45.7 Å². The molecule has 1 aliphatic heterocycles. The molecule has 27 heavy (non-hydrogen) atoms. The van der Waals surface area contributed by atoms with Crippen LogP contribution >= 0.6 is 35.6 Å². The van der Waals surface area contributed by atoms with Gasteiger partial charge in [0.05, 0.1) is 12.1 Å². The molecule has 146 valence electrons. The van der Waals surface area contributed by atoms with E-state index in [0.717, 1.165) is 36.1 Å². The van der Waals surface area contributed by atoms with E-state index in [2.05, 4.69) is 52.9 Å². The molecule has 0 aliphatic carbocycles. The lowest BCUT2D eigenvalue weighted by molar-refractivity contribution is 0.0915. The van der Waals surface area contributed by atoms with E-state index in [9.17, 15) is 0 Å². The molecule has 1 saturated heterocycles. The van der Waals surface area contributed by atoms with Gasteiger partial charge in [0.1, 0.15) is 0 Å². The second kappa shape index (κ2) is 10.9. The van der Waals surface area contributed by atoms with Gasteiger partial charge in [-0.1, -0.05) is 54.1 Å². The Labute approximate surface area is 183 Å². The van der Waals surface area contributed by atoms with Crippen molar-refractivity contribution in [1.29, 1.82) is 0 Å². The van der Waals surface area contributed by atoms with Crippen LogP contribution in [0.5, 0.6) is 0 Å². The quantitative estimate of drug-likeness (QED) is 0.347. The summed E-state index contributed by atoms with van der Waals surface area (Å²) >= 11 is 6.09. The van der Waals surface area contributed by atoms with Crippen LogP contribution in [0.3, 0.4) is 0 Å². The van der Waals surface area contributed by atoms with Crippen molar-refractivity contribution in [3.05, 3.63) is 70.7 Å². The molecule has 1 fully saturated rings. The normalized spacial score (nSPS) is 20.6. The van der Waals surface area contributed by atoms with Crippen molar-refractivity contribution in [2.75, 3.05) is 20.2 Å². The first-order chi connectivity index (χ1) is 12.7. The third kappa shape index (κ3) is 6.09. The van der Waals surface area contributed by atoms with Gasteiger partial charge in [-0.15, -0.1) is 24.0 Å². The molecule has 3 unspecified atom stereocenters. The van der Waals surface area contributed by atoms with Crippen molar-refractivity contribution in [3.63, 3.8) is 0 Å². The molecule has 0 spiro atoms. The predicted molar refractivity (Wildman–Crippen MR) is 123 cm³/mol. The highest BCUT2D eigenvalue weighted by Crippen LogP contribution is 2.33. The van der Waals surface area contributed by atoms with E-state index in [1.807, 2.05) is 24.3 Å². The van der Waals surface area contributed by atoms with Gasteiger partial charge < -0.3 is 15.4 Å². The van der Waals surface area contributed by atoms with Crippen LogP contribution in [0.4, 0.5) is 0 Å². The number of hydrogen-bond acceptors (Lipinski definition) is 2. The summed E-state index contributed by atoms with van der Waals surface area (Å²) in [6.45, 7) is 3.72. The molecule has 0 radical (unpaired) electrons. The van der Waals surface area contributed by atoms with Crippen LogP contribution in [0.15, 0.2) is 59.6 Å². The van der Waals surface area contributed by atoms with Gasteiger partial charge in [-0.2, -0.15) is 0 Å². The fraction of sp³-hybridized carbons (Fsp3) is 0.381. The molecule has 4 nitrogen and oxygen atoms in total. The third-order valence-corrected chi connectivity index (χ3v) is 5.03. The summed E-state index contributed by atoms with van der Waals surface area (Å²) in [7, 11) is 1.79. The van der Waals surface area contributed by atoms with Crippen molar-refractivity contribution < 1.29 is 4.74 Å². The van der Waals surface area contributed by atoms with E-state index in [-0.39, 0.29) is 36.1 Å². The molecule has 0 aromatic heterocycles. The van der Waals surface area contributed by atoms with Crippen molar-refractivity contribution in [2.45, 2.75) is 25.5 Å². The number of halogens is 2. The Balaban J connectivity index is 0.00000261. The van der Waals surface area contributed by atoms with E-state index >= 15 is 0 Å². The van der Waals surface area contributed by atoms with E-state index in [0.29, 0.717) is 5.92 Å². The first kappa shape index (κ1) is 22.0.